The average molecular weight is 495 g/mol. The number of aromatic nitrogens is 4. The highest BCUT2D eigenvalue weighted by Crippen LogP contribution is 2.30. The zero-order valence-electron chi connectivity index (χ0n) is 18.0. The second-order valence-corrected chi connectivity index (χ2v) is 9.27. The van der Waals surface area contributed by atoms with Crippen molar-refractivity contribution in [2.75, 3.05) is 16.8 Å². The number of nitrogens with zero attached hydrogens (tertiary/aromatic N) is 4. The SMILES string of the molecule is Cc1cc(=O)[nH]c(-n2nc(-c3cccs3)cc2NC(=O)[C@@H]2CC(=O)N(c3ccc(Cl)cc3)C2)n1. The van der Waals surface area contributed by atoms with Crippen LogP contribution in [0.15, 0.2) is 58.7 Å². The monoisotopic (exact) mass is 494 g/mol. The fourth-order valence-corrected chi connectivity index (χ4v) is 4.63. The Morgan fingerprint density at radius 2 is 2.00 bits per heavy atom. The predicted octanol–water partition coefficient (Wildman–Crippen LogP) is 3.64. The van der Waals surface area contributed by atoms with Crippen LogP contribution in [0, 0.1) is 12.8 Å². The molecule has 0 unspecified atom stereocenters. The van der Waals surface area contributed by atoms with Gasteiger partial charge in [-0.1, -0.05) is 17.7 Å². The van der Waals surface area contributed by atoms with E-state index in [1.165, 1.54) is 22.1 Å². The van der Waals surface area contributed by atoms with E-state index in [1.807, 2.05) is 17.5 Å². The van der Waals surface area contributed by atoms with Crippen LogP contribution in [-0.2, 0) is 9.59 Å². The van der Waals surface area contributed by atoms with E-state index in [0.717, 1.165) is 4.88 Å². The first kappa shape index (κ1) is 22.1. The molecule has 0 spiro atoms. The van der Waals surface area contributed by atoms with Gasteiger partial charge in [-0.25, -0.2) is 4.98 Å². The smallest absolute Gasteiger partial charge is 0.252 e. The minimum Gasteiger partial charge on any atom is -0.312 e. The summed E-state index contributed by atoms with van der Waals surface area (Å²) in [5.74, 6) is -0.479. The van der Waals surface area contributed by atoms with Crippen LogP contribution in [0.2, 0.25) is 5.02 Å². The number of hydrogen-bond acceptors (Lipinski definition) is 6. The Balaban J connectivity index is 1.43. The molecule has 1 saturated heterocycles. The lowest BCUT2D eigenvalue weighted by Crippen LogP contribution is -2.28. The van der Waals surface area contributed by atoms with Gasteiger partial charge in [-0.15, -0.1) is 11.3 Å². The summed E-state index contributed by atoms with van der Waals surface area (Å²) in [4.78, 5) is 47.3. The molecule has 2 amide bonds. The number of carbonyl (C=O) groups excluding carboxylic acids is 2. The second kappa shape index (κ2) is 8.88. The molecule has 0 bridgehead atoms. The van der Waals surface area contributed by atoms with Gasteiger partial charge in [-0.05, 0) is 42.6 Å². The summed E-state index contributed by atoms with van der Waals surface area (Å²) in [6.45, 7) is 1.95. The normalized spacial score (nSPS) is 15.6. The molecule has 2 N–H and O–H groups in total. The third-order valence-corrected chi connectivity index (χ3v) is 6.57. The van der Waals surface area contributed by atoms with E-state index in [0.29, 0.717) is 27.9 Å². The summed E-state index contributed by atoms with van der Waals surface area (Å²) in [5.41, 5.74) is 1.51. The zero-order chi connectivity index (χ0) is 23.8. The summed E-state index contributed by atoms with van der Waals surface area (Å²) < 4.78 is 1.40. The first-order valence-corrected chi connectivity index (χ1v) is 11.7. The Morgan fingerprint density at radius 1 is 1.21 bits per heavy atom. The minimum atomic E-state index is -0.554. The number of carbonyl (C=O) groups is 2. The maximum atomic E-state index is 13.2. The molecule has 1 fully saturated rings. The summed E-state index contributed by atoms with van der Waals surface area (Å²) in [6.07, 6.45) is 0.0832. The van der Waals surface area contributed by atoms with Crippen molar-refractivity contribution in [3.8, 4) is 16.5 Å². The van der Waals surface area contributed by atoms with E-state index in [2.05, 4.69) is 20.4 Å². The van der Waals surface area contributed by atoms with E-state index in [4.69, 9.17) is 11.6 Å². The maximum Gasteiger partial charge on any atom is 0.252 e. The van der Waals surface area contributed by atoms with Gasteiger partial charge in [0.1, 0.15) is 11.5 Å². The van der Waals surface area contributed by atoms with E-state index in [9.17, 15) is 14.4 Å². The zero-order valence-corrected chi connectivity index (χ0v) is 19.6. The van der Waals surface area contributed by atoms with Crippen molar-refractivity contribution in [2.24, 2.45) is 5.92 Å². The number of aryl methyl sites for hydroxylation is 1. The Labute approximate surface area is 203 Å². The molecule has 34 heavy (non-hydrogen) atoms. The molecule has 0 saturated carbocycles. The number of anilines is 2. The van der Waals surface area contributed by atoms with Gasteiger partial charge in [0, 0.05) is 41.5 Å². The van der Waals surface area contributed by atoms with Crippen molar-refractivity contribution >= 4 is 46.3 Å². The number of halogens is 1. The largest absolute Gasteiger partial charge is 0.312 e. The molecule has 1 atom stereocenters. The molecule has 0 aliphatic carbocycles. The van der Waals surface area contributed by atoms with Gasteiger partial charge in [0.15, 0.2) is 0 Å². The van der Waals surface area contributed by atoms with Gasteiger partial charge in [0.05, 0.1) is 10.8 Å². The van der Waals surface area contributed by atoms with Gasteiger partial charge in [0.2, 0.25) is 17.8 Å². The fourth-order valence-electron chi connectivity index (χ4n) is 3.82. The molecule has 3 aromatic heterocycles. The fraction of sp³-hybridized carbons (Fsp3) is 0.174. The number of amides is 2. The van der Waals surface area contributed by atoms with Crippen LogP contribution < -0.4 is 15.8 Å². The second-order valence-electron chi connectivity index (χ2n) is 7.89. The molecule has 5 rings (SSSR count). The number of aromatic amines is 1. The van der Waals surface area contributed by atoms with Crippen LogP contribution >= 0.6 is 22.9 Å². The van der Waals surface area contributed by atoms with Crippen LogP contribution in [0.1, 0.15) is 12.1 Å². The Hall–Kier alpha value is -3.76. The summed E-state index contributed by atoms with van der Waals surface area (Å²) in [5, 5.41) is 9.94. The Bertz CT molecular complexity index is 1430. The van der Waals surface area contributed by atoms with E-state index in [-0.39, 0.29) is 36.3 Å². The molecule has 1 aromatic carbocycles. The lowest BCUT2D eigenvalue weighted by Gasteiger charge is -2.17. The maximum absolute atomic E-state index is 13.2. The van der Waals surface area contributed by atoms with Crippen LogP contribution in [0.25, 0.3) is 16.5 Å². The first-order chi connectivity index (χ1) is 16.4. The van der Waals surface area contributed by atoms with Gasteiger partial charge in [-0.3, -0.25) is 19.4 Å². The molecule has 172 valence electrons. The van der Waals surface area contributed by atoms with Crippen molar-refractivity contribution in [1.82, 2.24) is 19.7 Å². The number of thiophene rings is 1. The Morgan fingerprint density at radius 3 is 2.71 bits per heavy atom. The van der Waals surface area contributed by atoms with Gasteiger partial charge in [0.25, 0.3) is 5.56 Å². The molecule has 11 heteroatoms. The molecule has 1 aliphatic rings. The molecule has 1 aliphatic heterocycles. The quantitative estimate of drug-likeness (QED) is 0.440. The first-order valence-electron chi connectivity index (χ1n) is 10.5. The molecule has 4 heterocycles. The number of nitrogens with one attached hydrogen (secondary N) is 2. The highest BCUT2D eigenvalue weighted by atomic mass is 35.5. The lowest BCUT2D eigenvalue weighted by atomic mass is 10.1. The minimum absolute atomic E-state index is 0.0832. The summed E-state index contributed by atoms with van der Waals surface area (Å²) >= 11 is 7.45. The number of hydrogen-bond donors (Lipinski definition) is 2. The van der Waals surface area contributed by atoms with Gasteiger partial charge in [-0.2, -0.15) is 9.78 Å². The van der Waals surface area contributed by atoms with Crippen LogP contribution in [0.3, 0.4) is 0 Å². The van der Waals surface area contributed by atoms with Crippen molar-refractivity contribution in [2.45, 2.75) is 13.3 Å². The molecular weight excluding hydrogens is 476 g/mol. The summed E-state index contributed by atoms with van der Waals surface area (Å²) in [7, 11) is 0. The molecular formula is C23H19ClN6O3S. The van der Waals surface area contributed by atoms with Crippen LogP contribution in [-0.4, -0.2) is 38.1 Å². The standard InChI is InChI=1S/C23H19ClN6O3S/c1-13-9-20(31)27-23(25-13)30-19(11-17(28-30)18-3-2-8-34-18)26-22(33)14-10-21(32)29(12-14)16-6-4-15(24)5-7-16/h2-9,11,14H,10,12H2,1H3,(H,26,33)(H,25,27,31)/t14-/m1/s1. The average Bonchev–Trinajstić information content (AvgIpc) is 3.53. The summed E-state index contributed by atoms with van der Waals surface area (Å²) in [6, 6.07) is 13.8. The van der Waals surface area contributed by atoms with Gasteiger partial charge < -0.3 is 10.2 Å². The van der Waals surface area contributed by atoms with E-state index >= 15 is 0 Å². The third-order valence-electron chi connectivity index (χ3n) is 5.43. The third kappa shape index (κ3) is 4.37. The number of H-pyrrole nitrogens is 1. The highest BCUT2D eigenvalue weighted by molar-refractivity contribution is 7.13. The van der Waals surface area contributed by atoms with E-state index < -0.39 is 5.92 Å². The lowest BCUT2D eigenvalue weighted by molar-refractivity contribution is -0.122. The molecule has 4 aromatic rings. The van der Waals surface area contributed by atoms with Crippen molar-refractivity contribution in [3.63, 3.8) is 0 Å². The molecule has 0 radical (unpaired) electrons. The number of benzene rings is 1. The van der Waals surface area contributed by atoms with Crippen molar-refractivity contribution in [3.05, 3.63) is 75.0 Å². The highest BCUT2D eigenvalue weighted by Gasteiger charge is 2.35. The van der Waals surface area contributed by atoms with Crippen molar-refractivity contribution < 1.29 is 9.59 Å². The van der Waals surface area contributed by atoms with Crippen LogP contribution in [0.4, 0.5) is 11.5 Å². The predicted molar refractivity (Wildman–Crippen MR) is 131 cm³/mol. The number of rotatable bonds is 5. The van der Waals surface area contributed by atoms with E-state index in [1.54, 1.807) is 42.2 Å². The topological polar surface area (TPSA) is 113 Å². The van der Waals surface area contributed by atoms with Crippen molar-refractivity contribution in [1.29, 1.82) is 0 Å². The van der Waals surface area contributed by atoms with Gasteiger partial charge >= 0.3 is 0 Å². The Kier molecular flexibility index (Phi) is 5.76. The van der Waals surface area contributed by atoms with Crippen LogP contribution in [0.5, 0.6) is 0 Å². The molecule has 9 nitrogen and oxygen atoms in total.